The van der Waals surface area contributed by atoms with Crippen LogP contribution < -0.4 is 16.0 Å². The second kappa shape index (κ2) is 11.8. The Morgan fingerprint density at radius 3 is 1.46 bits per heavy atom. The van der Waals surface area contributed by atoms with Gasteiger partial charge in [0.05, 0.1) is 28.9 Å². The van der Waals surface area contributed by atoms with Crippen molar-refractivity contribution in [3.8, 4) is 0 Å². The van der Waals surface area contributed by atoms with Crippen molar-refractivity contribution < 1.29 is 0 Å². The number of nitrogens with one attached hydrogen (secondary N) is 2. The summed E-state index contributed by atoms with van der Waals surface area (Å²) in [6, 6.07) is 46.7. The number of rotatable bonds is 4. The van der Waals surface area contributed by atoms with E-state index in [0.29, 0.717) is 0 Å². The van der Waals surface area contributed by atoms with E-state index in [2.05, 4.69) is 174 Å². The molecule has 4 heteroatoms. The second-order valence-corrected chi connectivity index (χ2v) is 12.3. The molecule has 0 amide bonds. The first-order valence-corrected chi connectivity index (χ1v) is 16.5. The summed E-state index contributed by atoms with van der Waals surface area (Å²) < 4.78 is 0. The highest BCUT2D eigenvalue weighted by Crippen LogP contribution is 2.38. The van der Waals surface area contributed by atoms with E-state index in [-0.39, 0.29) is 6.04 Å². The molecule has 0 spiro atoms. The summed E-state index contributed by atoms with van der Waals surface area (Å²) in [5.74, 6) is 0. The quantitative estimate of drug-likeness (QED) is 0.216. The molecule has 0 aliphatic carbocycles. The number of H-pyrrole nitrogens is 1. The van der Waals surface area contributed by atoms with Crippen molar-refractivity contribution in [1.82, 2.24) is 10.3 Å². The molecule has 5 heterocycles. The van der Waals surface area contributed by atoms with Crippen molar-refractivity contribution in [2.45, 2.75) is 12.5 Å². The molecule has 48 heavy (non-hydrogen) atoms. The van der Waals surface area contributed by atoms with E-state index >= 15 is 0 Å². The van der Waals surface area contributed by atoms with Crippen LogP contribution in [0.25, 0.3) is 22.3 Å². The second-order valence-electron chi connectivity index (χ2n) is 12.3. The molecule has 0 fully saturated rings. The van der Waals surface area contributed by atoms with E-state index < -0.39 is 0 Å². The summed E-state index contributed by atoms with van der Waals surface area (Å²) in [7, 11) is 0. The van der Waals surface area contributed by atoms with Gasteiger partial charge in [0.15, 0.2) is 0 Å². The summed E-state index contributed by atoms with van der Waals surface area (Å²) in [4.78, 5) is 14.6. The van der Waals surface area contributed by atoms with E-state index in [1.807, 2.05) is 0 Å². The highest BCUT2D eigenvalue weighted by Gasteiger charge is 2.29. The van der Waals surface area contributed by atoms with Crippen molar-refractivity contribution in [2.24, 2.45) is 9.98 Å². The Morgan fingerprint density at radius 2 is 0.917 bits per heavy atom. The summed E-state index contributed by atoms with van der Waals surface area (Å²) >= 11 is 0. The van der Waals surface area contributed by atoms with Crippen molar-refractivity contribution in [3.05, 3.63) is 214 Å². The van der Waals surface area contributed by atoms with E-state index in [9.17, 15) is 0 Å². The number of aliphatic imine (C=N–C) groups is 2. The molecule has 4 aromatic carbocycles. The van der Waals surface area contributed by atoms with Gasteiger partial charge in [-0.1, -0.05) is 127 Å². The zero-order valence-electron chi connectivity index (χ0n) is 26.3. The summed E-state index contributed by atoms with van der Waals surface area (Å²) in [5, 5.41) is 5.95. The summed E-state index contributed by atoms with van der Waals surface area (Å²) in [5.41, 5.74) is 13.8. The normalized spacial score (nSPS) is 23.5. The van der Waals surface area contributed by atoms with Crippen molar-refractivity contribution >= 4 is 33.7 Å². The third kappa shape index (κ3) is 4.95. The van der Waals surface area contributed by atoms with Gasteiger partial charge in [0.25, 0.3) is 0 Å². The summed E-state index contributed by atoms with van der Waals surface area (Å²) in [6.45, 7) is 0. The molecule has 0 saturated carbocycles. The molecular weight excluding hydrogens is 585 g/mol. The molecule has 1 atom stereocenters. The molecule has 9 rings (SSSR count). The lowest BCUT2D eigenvalue weighted by molar-refractivity contribution is 0.759. The molecule has 4 aliphatic heterocycles. The van der Waals surface area contributed by atoms with Crippen LogP contribution in [-0.2, 0) is 0 Å². The van der Waals surface area contributed by atoms with E-state index in [0.717, 1.165) is 84.6 Å². The van der Waals surface area contributed by atoms with E-state index in [4.69, 9.17) is 9.98 Å². The molecule has 4 nitrogen and oxygen atoms in total. The first kappa shape index (κ1) is 28.0. The number of benzene rings is 4. The molecule has 0 saturated heterocycles. The Balaban J connectivity index is 1.38. The Bertz CT molecular complexity index is 2400. The van der Waals surface area contributed by atoms with Crippen LogP contribution >= 0.6 is 0 Å². The molecular formula is C44H32N4. The molecule has 5 aromatic rings. The number of aromatic nitrogens is 1. The lowest BCUT2D eigenvalue weighted by atomic mass is 9.95. The fourth-order valence-corrected chi connectivity index (χ4v) is 7.17. The van der Waals surface area contributed by atoms with Gasteiger partial charge in [0.2, 0.25) is 0 Å². The van der Waals surface area contributed by atoms with Gasteiger partial charge >= 0.3 is 0 Å². The van der Waals surface area contributed by atoms with Crippen molar-refractivity contribution in [2.75, 3.05) is 0 Å². The van der Waals surface area contributed by atoms with Gasteiger partial charge in [-0.3, -0.25) is 0 Å². The maximum atomic E-state index is 5.39. The Hall–Kier alpha value is -6.26. The lowest BCUT2D eigenvalue weighted by Gasteiger charge is -2.21. The zero-order valence-corrected chi connectivity index (χ0v) is 26.3. The fourth-order valence-electron chi connectivity index (χ4n) is 7.17. The van der Waals surface area contributed by atoms with Crippen molar-refractivity contribution in [3.63, 3.8) is 0 Å². The number of allylic oxidation sites excluding steroid dienone is 5. The number of hydrogen-bond donors (Lipinski definition) is 2. The predicted octanol–water partition coefficient (Wildman–Crippen LogP) is 7.52. The number of aromatic amines is 1. The van der Waals surface area contributed by atoms with Crippen LogP contribution in [0.15, 0.2) is 191 Å². The van der Waals surface area contributed by atoms with Gasteiger partial charge in [-0.2, -0.15) is 0 Å². The van der Waals surface area contributed by atoms with Crippen LogP contribution in [0.5, 0.6) is 0 Å². The van der Waals surface area contributed by atoms with Gasteiger partial charge in [-0.05, 0) is 65.1 Å². The fraction of sp³-hybridized carbons (Fsp3) is 0.0455. The average Bonchev–Trinajstić information content (AvgIpc) is 3.98. The third-order valence-electron chi connectivity index (χ3n) is 9.33. The highest BCUT2D eigenvalue weighted by molar-refractivity contribution is 6.31. The largest absolute Gasteiger partial charge is 0.378 e. The molecule has 8 bridgehead atoms. The van der Waals surface area contributed by atoms with Gasteiger partial charge < -0.3 is 10.3 Å². The van der Waals surface area contributed by atoms with Gasteiger partial charge in [-0.15, -0.1) is 0 Å². The number of hydrogen-bond acceptors (Lipinski definition) is 3. The third-order valence-corrected chi connectivity index (χ3v) is 9.33. The van der Waals surface area contributed by atoms with Crippen molar-refractivity contribution in [1.29, 1.82) is 0 Å². The van der Waals surface area contributed by atoms with Gasteiger partial charge in [0.1, 0.15) is 0 Å². The number of fused-ring (bicyclic) bond motifs is 6. The maximum absolute atomic E-state index is 5.39. The van der Waals surface area contributed by atoms with Crippen LogP contribution in [0.4, 0.5) is 0 Å². The molecule has 2 N–H and O–H groups in total. The maximum Gasteiger partial charge on any atom is 0.0737 e. The molecule has 0 unspecified atom stereocenters. The smallest absolute Gasteiger partial charge is 0.0737 e. The monoisotopic (exact) mass is 616 g/mol. The Labute approximate surface area is 279 Å². The predicted molar refractivity (Wildman–Crippen MR) is 197 cm³/mol. The van der Waals surface area contributed by atoms with E-state index in [1.165, 1.54) is 5.57 Å². The highest BCUT2D eigenvalue weighted by atomic mass is 15.0. The zero-order chi connectivity index (χ0) is 31.9. The number of nitrogens with zero attached hydrogens (tertiary/aromatic N) is 2. The molecule has 0 radical (unpaired) electrons. The average molecular weight is 617 g/mol. The first-order chi connectivity index (χ1) is 23.8. The van der Waals surface area contributed by atoms with Crippen LogP contribution in [-0.4, -0.2) is 22.4 Å². The molecule has 1 aromatic heterocycles. The minimum Gasteiger partial charge on any atom is -0.378 e. The van der Waals surface area contributed by atoms with Gasteiger partial charge in [-0.25, -0.2) is 9.98 Å². The minimum atomic E-state index is 0.0370. The Morgan fingerprint density at radius 1 is 0.458 bits per heavy atom. The summed E-state index contributed by atoms with van der Waals surface area (Å²) in [6.07, 6.45) is 11.8. The first-order valence-electron chi connectivity index (χ1n) is 16.5. The molecule has 228 valence electrons. The molecule has 4 aliphatic rings. The minimum absolute atomic E-state index is 0.0370. The SMILES string of the molecule is C1=C/C2=C(\c3ccccc3)C3=CC[C@@H](N3)/C(c3ccccc3)=C3/C=CC(=N3)/C(c3ccccc3)=c3\cc/c([nH]3)=C(\c3ccccc3)C1=N2. The standard InChI is InChI=1S/C44H32N4/c1-5-13-29(14-6-1)41-33-21-23-35(45-33)42(30-15-7-2-8-16-30)37-25-27-39(47-37)44(32-19-11-4-12-20-32)40-28-26-38(48-40)43(31-17-9-3-10-18-31)36-24-22-34(41)46-36/h1-27,40,45,48H,28H2/b41-33-,42-35+,43-36-,44-39-/t40-/m1/s1. The van der Waals surface area contributed by atoms with Crippen LogP contribution in [0, 0.1) is 0 Å². The van der Waals surface area contributed by atoms with Crippen LogP contribution in [0.2, 0.25) is 0 Å². The van der Waals surface area contributed by atoms with Gasteiger partial charge in [0, 0.05) is 38.7 Å². The lowest BCUT2D eigenvalue weighted by Crippen LogP contribution is -2.25. The topological polar surface area (TPSA) is 52.5 Å². The van der Waals surface area contributed by atoms with Crippen LogP contribution in [0.3, 0.4) is 0 Å². The van der Waals surface area contributed by atoms with E-state index in [1.54, 1.807) is 0 Å². The Kier molecular flexibility index (Phi) is 6.90. The van der Waals surface area contributed by atoms with Crippen LogP contribution in [0.1, 0.15) is 28.7 Å².